The maximum absolute atomic E-state index is 3.53. The van der Waals surface area contributed by atoms with Crippen molar-refractivity contribution in [3.05, 3.63) is 0 Å². The van der Waals surface area contributed by atoms with Gasteiger partial charge in [0.1, 0.15) is 0 Å². The second-order valence-corrected chi connectivity index (χ2v) is 3.71. The quantitative estimate of drug-likeness (QED) is 0.644. The molecule has 2 N–H and O–H groups in total. The van der Waals surface area contributed by atoms with E-state index in [9.17, 15) is 0 Å². The molecule has 0 bridgehead atoms. The molecule has 1 aliphatic rings. The van der Waals surface area contributed by atoms with Crippen LogP contribution in [0.2, 0.25) is 0 Å². The van der Waals surface area contributed by atoms with Crippen molar-refractivity contribution in [2.75, 3.05) is 6.54 Å². The molecule has 1 saturated heterocycles. The molecule has 2 atom stereocenters. The topological polar surface area (TPSA) is 24.1 Å². The third kappa shape index (κ3) is 2.46. The van der Waals surface area contributed by atoms with E-state index in [0.29, 0.717) is 12.2 Å². The van der Waals surface area contributed by atoms with Crippen molar-refractivity contribution in [1.29, 1.82) is 0 Å². The Balaban J connectivity index is 2.31. The van der Waals surface area contributed by atoms with Gasteiger partial charge in [0.2, 0.25) is 0 Å². The molecule has 0 aliphatic carbocycles. The van der Waals surface area contributed by atoms with Crippen molar-refractivity contribution >= 4 is 0 Å². The summed E-state index contributed by atoms with van der Waals surface area (Å²) < 4.78 is 0. The van der Waals surface area contributed by atoms with Crippen molar-refractivity contribution in [1.82, 2.24) is 10.6 Å². The average Bonchev–Trinajstić information content (AvgIpc) is 2.34. The highest BCUT2D eigenvalue weighted by Gasteiger charge is 2.24. The molecule has 0 amide bonds. The highest BCUT2D eigenvalue weighted by molar-refractivity contribution is 4.81. The lowest BCUT2D eigenvalue weighted by Gasteiger charge is -2.21. The van der Waals surface area contributed by atoms with Gasteiger partial charge >= 0.3 is 0 Å². The Labute approximate surface area is 69.8 Å². The lowest BCUT2D eigenvalue weighted by Crippen LogP contribution is -2.44. The van der Waals surface area contributed by atoms with Crippen LogP contribution in [0.1, 0.15) is 33.6 Å². The highest BCUT2D eigenvalue weighted by Crippen LogP contribution is 2.17. The molecule has 0 spiro atoms. The van der Waals surface area contributed by atoms with Crippen LogP contribution in [-0.4, -0.2) is 18.8 Å². The predicted molar refractivity (Wildman–Crippen MR) is 48.5 cm³/mol. The molecule has 1 rings (SSSR count). The average molecular weight is 156 g/mol. The van der Waals surface area contributed by atoms with Crippen molar-refractivity contribution in [2.24, 2.45) is 5.92 Å². The number of rotatable bonds is 3. The smallest absolute Gasteiger partial charge is 0.0603 e. The number of hydrogen-bond donors (Lipinski definition) is 2. The van der Waals surface area contributed by atoms with Gasteiger partial charge in [-0.3, -0.25) is 5.32 Å². The summed E-state index contributed by atoms with van der Waals surface area (Å²) in [6.45, 7) is 7.86. The Morgan fingerprint density at radius 2 is 2.27 bits per heavy atom. The molecule has 0 aromatic carbocycles. The zero-order chi connectivity index (χ0) is 8.27. The van der Waals surface area contributed by atoms with Crippen molar-refractivity contribution in [3.8, 4) is 0 Å². The monoisotopic (exact) mass is 156 g/mol. The van der Waals surface area contributed by atoms with Crippen LogP contribution in [0.3, 0.4) is 0 Å². The Kier molecular flexibility index (Phi) is 3.34. The molecular formula is C9H20N2. The van der Waals surface area contributed by atoms with Crippen molar-refractivity contribution < 1.29 is 0 Å². The van der Waals surface area contributed by atoms with E-state index in [0.717, 1.165) is 5.92 Å². The predicted octanol–water partition coefficient (Wildman–Crippen LogP) is 1.33. The normalized spacial score (nSPS) is 31.6. The maximum Gasteiger partial charge on any atom is 0.0603 e. The molecule has 66 valence electrons. The first kappa shape index (κ1) is 9.01. The van der Waals surface area contributed by atoms with E-state index in [4.69, 9.17) is 0 Å². The highest BCUT2D eigenvalue weighted by atomic mass is 15.2. The van der Waals surface area contributed by atoms with Crippen LogP contribution in [0.5, 0.6) is 0 Å². The molecule has 0 aromatic heterocycles. The van der Waals surface area contributed by atoms with Crippen LogP contribution in [0.4, 0.5) is 0 Å². The van der Waals surface area contributed by atoms with E-state index in [2.05, 4.69) is 31.4 Å². The third-order valence-corrected chi connectivity index (χ3v) is 2.39. The maximum atomic E-state index is 3.53. The Bertz CT molecular complexity index is 112. The fourth-order valence-corrected chi connectivity index (χ4v) is 1.75. The van der Waals surface area contributed by atoms with Crippen LogP contribution >= 0.6 is 0 Å². The van der Waals surface area contributed by atoms with E-state index in [1.165, 1.54) is 19.4 Å². The van der Waals surface area contributed by atoms with Crippen molar-refractivity contribution in [2.45, 2.75) is 45.8 Å². The first-order valence-corrected chi connectivity index (χ1v) is 4.73. The second kappa shape index (κ2) is 4.07. The largest absolute Gasteiger partial charge is 0.302 e. The summed E-state index contributed by atoms with van der Waals surface area (Å²) in [4.78, 5) is 0. The second-order valence-electron chi connectivity index (χ2n) is 3.71. The minimum Gasteiger partial charge on any atom is -0.302 e. The van der Waals surface area contributed by atoms with E-state index in [-0.39, 0.29) is 0 Å². The van der Waals surface area contributed by atoms with Gasteiger partial charge in [0.15, 0.2) is 0 Å². The van der Waals surface area contributed by atoms with E-state index >= 15 is 0 Å². The summed E-state index contributed by atoms with van der Waals surface area (Å²) in [5.74, 6) is 0.845. The van der Waals surface area contributed by atoms with Crippen molar-refractivity contribution in [3.63, 3.8) is 0 Å². The SMILES string of the molecule is CCC1CCNC1NC(C)C. The molecule has 2 heteroatoms. The molecule has 2 nitrogen and oxygen atoms in total. The molecule has 0 radical (unpaired) electrons. The molecule has 1 fully saturated rings. The van der Waals surface area contributed by atoms with Crippen LogP contribution < -0.4 is 10.6 Å². The van der Waals surface area contributed by atoms with Crippen LogP contribution in [0.15, 0.2) is 0 Å². The van der Waals surface area contributed by atoms with Gasteiger partial charge < -0.3 is 5.32 Å². The molecule has 1 heterocycles. The lowest BCUT2D eigenvalue weighted by molar-refractivity contribution is 0.343. The zero-order valence-electron chi connectivity index (χ0n) is 7.85. The molecule has 11 heavy (non-hydrogen) atoms. The van der Waals surface area contributed by atoms with Gasteiger partial charge in [-0.15, -0.1) is 0 Å². The molecule has 2 unspecified atom stereocenters. The Morgan fingerprint density at radius 3 is 2.82 bits per heavy atom. The van der Waals surface area contributed by atoms with Gasteiger partial charge in [-0.05, 0) is 32.7 Å². The number of nitrogens with one attached hydrogen (secondary N) is 2. The summed E-state index contributed by atoms with van der Waals surface area (Å²) in [5, 5.41) is 7.01. The number of hydrogen-bond acceptors (Lipinski definition) is 2. The summed E-state index contributed by atoms with van der Waals surface area (Å²) in [6, 6.07) is 0.597. The summed E-state index contributed by atoms with van der Waals surface area (Å²) in [5.41, 5.74) is 0. The minimum absolute atomic E-state index is 0.569. The molecule has 0 aromatic rings. The minimum atomic E-state index is 0.569. The van der Waals surface area contributed by atoms with E-state index in [1.54, 1.807) is 0 Å². The molecule has 0 saturated carbocycles. The first-order chi connectivity index (χ1) is 5.24. The van der Waals surface area contributed by atoms with Gasteiger partial charge in [-0.2, -0.15) is 0 Å². The van der Waals surface area contributed by atoms with Gasteiger partial charge in [-0.25, -0.2) is 0 Å². The lowest BCUT2D eigenvalue weighted by atomic mass is 10.0. The van der Waals surface area contributed by atoms with Gasteiger partial charge in [-0.1, -0.05) is 13.3 Å². The Morgan fingerprint density at radius 1 is 1.55 bits per heavy atom. The fourth-order valence-electron chi connectivity index (χ4n) is 1.75. The van der Waals surface area contributed by atoms with Gasteiger partial charge in [0.25, 0.3) is 0 Å². The first-order valence-electron chi connectivity index (χ1n) is 4.73. The van der Waals surface area contributed by atoms with Crippen LogP contribution in [0.25, 0.3) is 0 Å². The van der Waals surface area contributed by atoms with E-state index < -0.39 is 0 Å². The van der Waals surface area contributed by atoms with Crippen LogP contribution in [0, 0.1) is 5.92 Å². The van der Waals surface area contributed by atoms with Crippen LogP contribution in [-0.2, 0) is 0 Å². The van der Waals surface area contributed by atoms with Gasteiger partial charge in [0.05, 0.1) is 6.17 Å². The third-order valence-electron chi connectivity index (χ3n) is 2.39. The van der Waals surface area contributed by atoms with E-state index in [1.807, 2.05) is 0 Å². The standard InChI is InChI=1S/C9H20N2/c1-4-8-5-6-10-9(8)11-7(2)3/h7-11H,4-6H2,1-3H3. The molecule has 1 aliphatic heterocycles. The Hall–Kier alpha value is -0.0800. The summed E-state index contributed by atoms with van der Waals surface area (Å²) in [6.07, 6.45) is 3.19. The zero-order valence-corrected chi connectivity index (χ0v) is 7.85. The summed E-state index contributed by atoms with van der Waals surface area (Å²) in [7, 11) is 0. The van der Waals surface area contributed by atoms with Gasteiger partial charge in [0, 0.05) is 6.04 Å². The fraction of sp³-hybridized carbons (Fsp3) is 1.00. The molecular weight excluding hydrogens is 136 g/mol. The summed E-state index contributed by atoms with van der Waals surface area (Å²) >= 11 is 0.